The van der Waals surface area contributed by atoms with E-state index in [9.17, 15) is 0 Å². The molecule has 1 heterocycles. The third-order valence-corrected chi connectivity index (χ3v) is 1.70. The highest BCUT2D eigenvalue weighted by molar-refractivity contribution is 5.64. The maximum Gasteiger partial charge on any atom is 0.0480 e. The molecule has 0 aromatic carbocycles. The van der Waals surface area contributed by atoms with Gasteiger partial charge in [-0.3, -0.25) is 4.98 Å². The van der Waals surface area contributed by atoms with Gasteiger partial charge in [-0.25, -0.2) is 0 Å². The molecule has 1 aromatic heterocycles. The van der Waals surface area contributed by atoms with E-state index >= 15 is 0 Å². The quantitative estimate of drug-likeness (QED) is 0.435. The van der Waals surface area contributed by atoms with Gasteiger partial charge in [-0.05, 0) is 29.7 Å². The van der Waals surface area contributed by atoms with E-state index < -0.39 is 0 Å². The van der Waals surface area contributed by atoms with Crippen LogP contribution in [-0.2, 0) is 6.42 Å². The van der Waals surface area contributed by atoms with Crippen LogP contribution in [0, 0.1) is 0 Å². The van der Waals surface area contributed by atoms with Crippen molar-refractivity contribution in [2.45, 2.75) is 13.3 Å². The molecule has 0 aliphatic carbocycles. The minimum atomic E-state index is 0.588. The van der Waals surface area contributed by atoms with E-state index in [1.54, 1.807) is 12.4 Å². The van der Waals surface area contributed by atoms with Crippen LogP contribution in [0.1, 0.15) is 18.1 Å². The second-order valence-corrected chi connectivity index (χ2v) is 2.86. The fraction of sp³-hybridized carbons (Fsp3) is 0.200. The standard InChI is InChI=1S/C10H12N2O/c1-8(2)10-5-9(3-4-12-13)6-11-7-10/h4-7,13H,1,3H2,2H3. The molecule has 0 aliphatic rings. The number of aromatic nitrogens is 1. The monoisotopic (exact) mass is 176 g/mol. The molecule has 3 heteroatoms. The summed E-state index contributed by atoms with van der Waals surface area (Å²) >= 11 is 0. The maximum absolute atomic E-state index is 8.24. The molecule has 0 bridgehead atoms. The highest BCUT2D eigenvalue weighted by Gasteiger charge is 1.95. The summed E-state index contributed by atoms with van der Waals surface area (Å²) in [6.07, 6.45) is 5.53. The van der Waals surface area contributed by atoms with Gasteiger partial charge >= 0.3 is 0 Å². The molecular weight excluding hydrogens is 164 g/mol. The van der Waals surface area contributed by atoms with Crippen LogP contribution >= 0.6 is 0 Å². The summed E-state index contributed by atoms with van der Waals surface area (Å²) in [5, 5.41) is 11.2. The fourth-order valence-corrected chi connectivity index (χ4v) is 0.979. The first kappa shape index (κ1) is 9.45. The lowest BCUT2D eigenvalue weighted by atomic mass is 10.1. The number of allylic oxidation sites excluding steroid dienone is 1. The number of hydrogen-bond donors (Lipinski definition) is 1. The average molecular weight is 176 g/mol. The average Bonchev–Trinajstić information content (AvgIpc) is 2.15. The maximum atomic E-state index is 8.24. The Balaban J connectivity index is 2.85. The molecule has 0 saturated heterocycles. The van der Waals surface area contributed by atoms with Crippen LogP contribution in [0.2, 0.25) is 0 Å². The van der Waals surface area contributed by atoms with Gasteiger partial charge in [-0.15, -0.1) is 5.16 Å². The van der Waals surface area contributed by atoms with Gasteiger partial charge < -0.3 is 5.21 Å². The molecule has 0 spiro atoms. The molecule has 1 rings (SSSR count). The zero-order valence-corrected chi connectivity index (χ0v) is 7.57. The Morgan fingerprint density at radius 3 is 3.08 bits per heavy atom. The Hall–Kier alpha value is -1.64. The molecule has 68 valence electrons. The molecule has 1 aromatic rings. The van der Waals surface area contributed by atoms with E-state index in [1.165, 1.54) is 6.21 Å². The summed E-state index contributed by atoms with van der Waals surface area (Å²) in [7, 11) is 0. The van der Waals surface area contributed by atoms with Crippen LogP contribution < -0.4 is 0 Å². The lowest BCUT2D eigenvalue weighted by molar-refractivity contribution is 0.321. The van der Waals surface area contributed by atoms with Crippen molar-refractivity contribution in [1.29, 1.82) is 0 Å². The first-order valence-corrected chi connectivity index (χ1v) is 3.99. The van der Waals surface area contributed by atoms with Crippen molar-refractivity contribution in [3.8, 4) is 0 Å². The zero-order valence-electron chi connectivity index (χ0n) is 7.57. The van der Waals surface area contributed by atoms with E-state index in [4.69, 9.17) is 5.21 Å². The van der Waals surface area contributed by atoms with Gasteiger partial charge in [0.05, 0.1) is 0 Å². The van der Waals surface area contributed by atoms with Crippen LogP contribution in [0.3, 0.4) is 0 Å². The highest BCUT2D eigenvalue weighted by Crippen LogP contribution is 2.11. The van der Waals surface area contributed by atoms with Crippen LogP contribution in [0.15, 0.2) is 30.2 Å². The van der Waals surface area contributed by atoms with E-state index in [2.05, 4.69) is 16.7 Å². The summed E-state index contributed by atoms with van der Waals surface area (Å²) in [4.78, 5) is 4.05. The van der Waals surface area contributed by atoms with Crippen LogP contribution in [-0.4, -0.2) is 16.4 Å². The first-order valence-electron chi connectivity index (χ1n) is 3.99. The Morgan fingerprint density at radius 2 is 2.46 bits per heavy atom. The van der Waals surface area contributed by atoms with E-state index in [-0.39, 0.29) is 0 Å². The van der Waals surface area contributed by atoms with Gasteiger partial charge in [-0.1, -0.05) is 6.58 Å². The van der Waals surface area contributed by atoms with E-state index in [0.717, 1.165) is 16.7 Å². The molecule has 0 unspecified atom stereocenters. The van der Waals surface area contributed by atoms with Gasteiger partial charge in [-0.2, -0.15) is 0 Å². The summed E-state index contributed by atoms with van der Waals surface area (Å²) in [5.41, 5.74) is 3.01. The molecule has 0 saturated carbocycles. The third kappa shape index (κ3) is 2.71. The van der Waals surface area contributed by atoms with E-state index in [1.807, 2.05) is 13.0 Å². The number of nitrogens with zero attached hydrogens (tertiary/aromatic N) is 2. The van der Waals surface area contributed by atoms with Crippen molar-refractivity contribution in [3.63, 3.8) is 0 Å². The molecule has 0 fully saturated rings. The van der Waals surface area contributed by atoms with Gasteiger partial charge in [0, 0.05) is 25.0 Å². The third-order valence-electron chi connectivity index (χ3n) is 1.70. The molecule has 0 amide bonds. The van der Waals surface area contributed by atoms with Crippen molar-refractivity contribution in [3.05, 3.63) is 36.2 Å². The van der Waals surface area contributed by atoms with E-state index in [0.29, 0.717) is 6.42 Å². The fourth-order valence-electron chi connectivity index (χ4n) is 0.979. The molecule has 0 atom stereocenters. The summed E-state index contributed by atoms with van der Waals surface area (Å²) in [6.45, 7) is 5.76. The predicted octanol–water partition coefficient (Wildman–Crippen LogP) is 2.12. The molecule has 0 radical (unpaired) electrons. The molecule has 13 heavy (non-hydrogen) atoms. The number of rotatable bonds is 3. The van der Waals surface area contributed by atoms with Crippen molar-refractivity contribution in [2.75, 3.05) is 0 Å². The number of oxime groups is 1. The lowest BCUT2D eigenvalue weighted by Crippen LogP contribution is -1.90. The second kappa shape index (κ2) is 4.40. The Kier molecular flexibility index (Phi) is 3.20. The summed E-state index contributed by atoms with van der Waals surface area (Å²) in [6, 6.07) is 1.98. The van der Waals surface area contributed by atoms with Gasteiger partial charge in [0.2, 0.25) is 0 Å². The number of pyridine rings is 1. The van der Waals surface area contributed by atoms with Gasteiger partial charge in [0.1, 0.15) is 0 Å². The summed E-state index contributed by atoms with van der Waals surface area (Å²) < 4.78 is 0. The highest BCUT2D eigenvalue weighted by atomic mass is 16.4. The SMILES string of the molecule is C=C(C)c1cncc(CC=NO)c1. The minimum absolute atomic E-state index is 0.588. The van der Waals surface area contributed by atoms with Gasteiger partial charge in [0.15, 0.2) is 0 Å². The summed E-state index contributed by atoms with van der Waals surface area (Å²) in [5.74, 6) is 0. The van der Waals surface area contributed by atoms with Crippen molar-refractivity contribution in [2.24, 2.45) is 5.16 Å². The Morgan fingerprint density at radius 1 is 1.69 bits per heavy atom. The lowest BCUT2D eigenvalue weighted by Gasteiger charge is -2.00. The Bertz CT molecular complexity index is 331. The van der Waals surface area contributed by atoms with Crippen LogP contribution in [0.25, 0.3) is 5.57 Å². The normalized spacial score (nSPS) is 10.5. The molecule has 1 N–H and O–H groups in total. The topological polar surface area (TPSA) is 45.5 Å². The van der Waals surface area contributed by atoms with Crippen LogP contribution in [0.4, 0.5) is 0 Å². The van der Waals surface area contributed by atoms with Gasteiger partial charge in [0.25, 0.3) is 0 Å². The minimum Gasteiger partial charge on any atom is -0.411 e. The van der Waals surface area contributed by atoms with Crippen molar-refractivity contribution < 1.29 is 5.21 Å². The van der Waals surface area contributed by atoms with Crippen LogP contribution in [0.5, 0.6) is 0 Å². The number of hydrogen-bond acceptors (Lipinski definition) is 3. The Labute approximate surface area is 77.4 Å². The molecular formula is C10H12N2O. The molecule has 0 aliphatic heterocycles. The van der Waals surface area contributed by atoms with Crippen molar-refractivity contribution >= 4 is 11.8 Å². The smallest absolute Gasteiger partial charge is 0.0480 e. The van der Waals surface area contributed by atoms with Crippen molar-refractivity contribution in [1.82, 2.24) is 4.98 Å². The largest absolute Gasteiger partial charge is 0.411 e. The zero-order chi connectivity index (χ0) is 9.68. The predicted molar refractivity (Wildman–Crippen MR) is 52.9 cm³/mol. The first-order chi connectivity index (χ1) is 6.24. The second-order valence-electron chi connectivity index (χ2n) is 2.86. The molecule has 3 nitrogen and oxygen atoms in total.